The lowest BCUT2D eigenvalue weighted by atomic mass is 9.71. The average molecular weight is 301 g/mol. The molecule has 1 atom stereocenters. The Balaban J connectivity index is 2.43. The zero-order chi connectivity index (χ0) is 11.9. The Labute approximate surface area is 109 Å². The second-order valence-corrected chi connectivity index (χ2v) is 7.00. The Kier molecular flexibility index (Phi) is 3.41. The van der Waals surface area contributed by atoms with Gasteiger partial charge in [-0.3, -0.25) is 0 Å². The molecule has 1 unspecified atom stereocenters. The number of rotatable bonds is 1. The summed E-state index contributed by atoms with van der Waals surface area (Å²) < 4.78 is 1.07. The molecule has 0 bridgehead atoms. The Bertz CT molecular complexity index is 409. The van der Waals surface area contributed by atoms with E-state index < -0.39 is 7.12 Å². The third-order valence-electron chi connectivity index (χ3n) is 2.99. The van der Waals surface area contributed by atoms with E-state index >= 15 is 0 Å². The van der Waals surface area contributed by atoms with Gasteiger partial charge in [-0.05, 0) is 35.6 Å². The standard InChI is InChI=1S/C11H14BBrO2S/c1-11(2)6-10(12(14)15)16-9-4-3-7(13)5-8(9)11/h3-5,10,14-15H,6H2,1-2H3. The van der Waals surface area contributed by atoms with Crippen LogP contribution in [0.4, 0.5) is 0 Å². The molecule has 1 heterocycles. The Morgan fingerprint density at radius 3 is 2.75 bits per heavy atom. The average Bonchev–Trinajstić information content (AvgIpc) is 2.18. The first-order valence-corrected chi connectivity index (χ1v) is 6.90. The van der Waals surface area contributed by atoms with Crippen LogP contribution in [-0.4, -0.2) is 22.3 Å². The zero-order valence-corrected chi connectivity index (χ0v) is 11.7. The van der Waals surface area contributed by atoms with Gasteiger partial charge in [0.25, 0.3) is 0 Å². The summed E-state index contributed by atoms with van der Waals surface area (Å²) in [6, 6.07) is 6.16. The van der Waals surface area contributed by atoms with Crippen LogP contribution in [-0.2, 0) is 5.41 Å². The predicted molar refractivity (Wildman–Crippen MR) is 71.6 cm³/mol. The van der Waals surface area contributed by atoms with E-state index in [2.05, 4.69) is 35.8 Å². The van der Waals surface area contributed by atoms with Crippen LogP contribution in [0.3, 0.4) is 0 Å². The SMILES string of the molecule is CC1(C)CC(B(O)O)Sc2ccc(Br)cc21. The van der Waals surface area contributed by atoms with Crippen LogP contribution in [0.1, 0.15) is 25.8 Å². The van der Waals surface area contributed by atoms with Gasteiger partial charge in [-0.1, -0.05) is 29.8 Å². The molecule has 0 spiro atoms. The molecule has 0 aliphatic carbocycles. The van der Waals surface area contributed by atoms with Crippen LogP contribution in [0.25, 0.3) is 0 Å². The molecule has 1 aromatic rings. The quantitative estimate of drug-likeness (QED) is 0.783. The summed E-state index contributed by atoms with van der Waals surface area (Å²) in [5.74, 6) is 0. The normalized spacial score (nSPS) is 22.7. The highest BCUT2D eigenvalue weighted by Gasteiger charge is 2.38. The highest BCUT2D eigenvalue weighted by molar-refractivity contribution is 9.10. The van der Waals surface area contributed by atoms with E-state index in [-0.39, 0.29) is 10.6 Å². The van der Waals surface area contributed by atoms with E-state index in [1.165, 1.54) is 5.56 Å². The van der Waals surface area contributed by atoms with E-state index in [4.69, 9.17) is 0 Å². The number of benzene rings is 1. The molecule has 16 heavy (non-hydrogen) atoms. The predicted octanol–water partition coefficient (Wildman–Crippen LogP) is 2.60. The lowest BCUT2D eigenvalue weighted by Gasteiger charge is -2.36. The first-order valence-electron chi connectivity index (χ1n) is 5.23. The van der Waals surface area contributed by atoms with Gasteiger partial charge < -0.3 is 10.0 Å². The molecule has 2 N–H and O–H groups in total. The van der Waals surface area contributed by atoms with Crippen molar-refractivity contribution in [2.75, 3.05) is 0 Å². The van der Waals surface area contributed by atoms with Crippen molar-refractivity contribution in [3.8, 4) is 0 Å². The van der Waals surface area contributed by atoms with Crippen molar-refractivity contribution in [3.05, 3.63) is 28.2 Å². The summed E-state index contributed by atoms with van der Waals surface area (Å²) in [6.07, 6.45) is 0.777. The van der Waals surface area contributed by atoms with E-state index in [0.717, 1.165) is 15.8 Å². The Hall–Kier alpha value is 0.0349. The summed E-state index contributed by atoms with van der Waals surface area (Å²) in [7, 11) is -1.25. The molecule has 2 rings (SSSR count). The fraction of sp³-hybridized carbons (Fsp3) is 0.455. The van der Waals surface area contributed by atoms with Crippen LogP contribution in [0.2, 0.25) is 0 Å². The second-order valence-electron chi connectivity index (χ2n) is 4.80. The van der Waals surface area contributed by atoms with Gasteiger partial charge >= 0.3 is 7.12 Å². The molecular formula is C11H14BBrO2S. The molecule has 1 aliphatic rings. The van der Waals surface area contributed by atoms with Crippen molar-refractivity contribution in [2.24, 2.45) is 0 Å². The fourth-order valence-electron chi connectivity index (χ4n) is 2.12. The maximum Gasteiger partial charge on any atom is 0.465 e. The number of fused-ring (bicyclic) bond motifs is 1. The maximum atomic E-state index is 9.31. The highest BCUT2D eigenvalue weighted by atomic mass is 79.9. The molecule has 0 saturated heterocycles. The smallest absolute Gasteiger partial charge is 0.426 e. The van der Waals surface area contributed by atoms with Crippen molar-refractivity contribution < 1.29 is 10.0 Å². The molecule has 1 aliphatic heterocycles. The summed E-state index contributed by atoms with van der Waals surface area (Å²) >= 11 is 5.03. The van der Waals surface area contributed by atoms with E-state index in [9.17, 15) is 10.0 Å². The zero-order valence-electron chi connectivity index (χ0n) is 9.27. The summed E-state index contributed by atoms with van der Waals surface area (Å²) in [6.45, 7) is 4.29. The van der Waals surface area contributed by atoms with Crippen LogP contribution in [0, 0.1) is 0 Å². The Morgan fingerprint density at radius 2 is 2.12 bits per heavy atom. The molecule has 5 heteroatoms. The van der Waals surface area contributed by atoms with Gasteiger partial charge in [0.2, 0.25) is 0 Å². The minimum atomic E-state index is -1.25. The van der Waals surface area contributed by atoms with E-state index in [1.54, 1.807) is 11.8 Å². The molecular weight excluding hydrogens is 287 g/mol. The van der Waals surface area contributed by atoms with Gasteiger partial charge in [0, 0.05) is 14.5 Å². The molecule has 0 fully saturated rings. The largest absolute Gasteiger partial charge is 0.465 e. The minimum Gasteiger partial charge on any atom is -0.426 e. The molecule has 2 nitrogen and oxygen atoms in total. The lowest BCUT2D eigenvalue weighted by Crippen LogP contribution is -2.37. The molecule has 1 aromatic carbocycles. The first kappa shape index (κ1) is 12.5. The lowest BCUT2D eigenvalue weighted by molar-refractivity contribution is 0.378. The number of hydrogen-bond donors (Lipinski definition) is 2. The van der Waals surface area contributed by atoms with E-state index in [1.807, 2.05) is 12.1 Å². The van der Waals surface area contributed by atoms with Gasteiger partial charge in [0.1, 0.15) is 0 Å². The topological polar surface area (TPSA) is 40.5 Å². The summed E-state index contributed by atoms with van der Waals surface area (Å²) in [5, 5.41) is 18.5. The van der Waals surface area contributed by atoms with Gasteiger partial charge in [0.05, 0.1) is 0 Å². The molecule has 0 saturated carbocycles. The van der Waals surface area contributed by atoms with Crippen LogP contribution < -0.4 is 0 Å². The summed E-state index contributed by atoms with van der Waals surface area (Å²) in [4.78, 5) is 1.15. The van der Waals surface area contributed by atoms with Crippen LogP contribution >= 0.6 is 27.7 Å². The third-order valence-corrected chi connectivity index (χ3v) is 4.81. The first-order chi connectivity index (χ1) is 7.40. The van der Waals surface area contributed by atoms with Crippen molar-refractivity contribution in [1.82, 2.24) is 0 Å². The number of halogens is 1. The van der Waals surface area contributed by atoms with Gasteiger partial charge in [-0.15, -0.1) is 11.8 Å². The van der Waals surface area contributed by atoms with E-state index in [0.29, 0.717) is 0 Å². The molecule has 0 radical (unpaired) electrons. The monoisotopic (exact) mass is 300 g/mol. The number of hydrogen-bond acceptors (Lipinski definition) is 3. The molecule has 0 aromatic heterocycles. The van der Waals surface area contributed by atoms with Crippen molar-refractivity contribution in [1.29, 1.82) is 0 Å². The van der Waals surface area contributed by atoms with Gasteiger partial charge in [0.15, 0.2) is 0 Å². The van der Waals surface area contributed by atoms with Crippen LogP contribution in [0.15, 0.2) is 27.6 Å². The van der Waals surface area contributed by atoms with Gasteiger partial charge in [-0.2, -0.15) is 0 Å². The maximum absolute atomic E-state index is 9.31. The molecule has 86 valence electrons. The fourth-order valence-corrected chi connectivity index (χ4v) is 4.04. The van der Waals surface area contributed by atoms with Crippen molar-refractivity contribution >= 4 is 34.8 Å². The van der Waals surface area contributed by atoms with Crippen molar-refractivity contribution in [3.63, 3.8) is 0 Å². The number of thioether (sulfide) groups is 1. The van der Waals surface area contributed by atoms with Crippen molar-refractivity contribution in [2.45, 2.75) is 35.7 Å². The molecule has 0 amide bonds. The summed E-state index contributed by atoms with van der Waals surface area (Å²) in [5.41, 5.74) is 1.27. The highest BCUT2D eigenvalue weighted by Crippen LogP contribution is 2.46. The minimum absolute atomic E-state index is 0.0151. The second kappa shape index (κ2) is 4.37. The third kappa shape index (κ3) is 2.32. The van der Waals surface area contributed by atoms with Crippen LogP contribution in [0.5, 0.6) is 0 Å². The Morgan fingerprint density at radius 1 is 1.44 bits per heavy atom. The van der Waals surface area contributed by atoms with Gasteiger partial charge in [-0.25, -0.2) is 0 Å².